The van der Waals surface area contributed by atoms with Gasteiger partial charge in [0.25, 0.3) is 0 Å². The molecule has 1 N–H and O–H groups in total. The van der Waals surface area contributed by atoms with Crippen molar-refractivity contribution in [3.8, 4) is 0 Å². The van der Waals surface area contributed by atoms with Crippen molar-refractivity contribution >= 4 is 0 Å². The van der Waals surface area contributed by atoms with Gasteiger partial charge < -0.3 is 14.6 Å². The Kier molecular flexibility index (Phi) is 3.37. The summed E-state index contributed by atoms with van der Waals surface area (Å²) in [4.78, 5) is 0. The highest BCUT2D eigenvalue weighted by molar-refractivity contribution is 5.13. The van der Waals surface area contributed by atoms with Gasteiger partial charge in [0, 0.05) is 0 Å². The Bertz CT molecular complexity index is 499. The molecule has 0 amide bonds. The van der Waals surface area contributed by atoms with Crippen molar-refractivity contribution in [2.45, 2.75) is 96.6 Å². The van der Waals surface area contributed by atoms with Crippen LogP contribution in [0.25, 0.3) is 0 Å². The minimum atomic E-state index is -0.153. The van der Waals surface area contributed by atoms with E-state index >= 15 is 0 Å². The Labute approximate surface area is 141 Å². The van der Waals surface area contributed by atoms with Crippen LogP contribution in [-0.2, 0) is 9.47 Å². The van der Waals surface area contributed by atoms with E-state index in [2.05, 4.69) is 34.6 Å². The van der Waals surface area contributed by atoms with Crippen LogP contribution in [0.3, 0.4) is 0 Å². The molecule has 0 aromatic rings. The van der Waals surface area contributed by atoms with Gasteiger partial charge in [0.2, 0.25) is 0 Å². The first-order valence-electron chi connectivity index (χ1n) is 9.62. The van der Waals surface area contributed by atoms with Gasteiger partial charge in [-0.3, -0.25) is 0 Å². The molecule has 0 bridgehead atoms. The molecule has 4 aliphatic rings. The normalized spacial score (nSPS) is 58.2. The molecule has 2 saturated heterocycles. The van der Waals surface area contributed by atoms with Crippen LogP contribution in [-0.4, -0.2) is 35.1 Å². The number of fused-ring (bicyclic) bond motifs is 3. The monoisotopic (exact) mass is 322 g/mol. The number of rotatable bonds is 1. The highest BCUT2D eigenvalue weighted by atomic mass is 16.6. The topological polar surface area (TPSA) is 42.0 Å². The zero-order valence-electron chi connectivity index (χ0n) is 15.5. The number of aliphatic hydroxyl groups excluding tert-OH is 1. The van der Waals surface area contributed by atoms with Crippen LogP contribution in [0, 0.1) is 22.7 Å². The van der Waals surface area contributed by atoms with Crippen LogP contribution in [0.2, 0.25) is 0 Å². The number of hydrogen-bond donors (Lipinski definition) is 1. The molecule has 0 aromatic heterocycles. The van der Waals surface area contributed by atoms with E-state index in [0.29, 0.717) is 23.4 Å². The molecular weight excluding hydrogens is 288 g/mol. The van der Waals surface area contributed by atoms with Crippen molar-refractivity contribution < 1.29 is 14.6 Å². The summed E-state index contributed by atoms with van der Waals surface area (Å²) in [6.45, 7) is 12.6. The highest BCUT2D eigenvalue weighted by Crippen LogP contribution is 2.66. The first-order valence-corrected chi connectivity index (χ1v) is 9.62. The number of hydrogen-bond acceptors (Lipinski definition) is 3. The predicted molar refractivity (Wildman–Crippen MR) is 90.2 cm³/mol. The van der Waals surface area contributed by atoms with Gasteiger partial charge in [0.05, 0.1) is 23.9 Å². The summed E-state index contributed by atoms with van der Waals surface area (Å²) in [7, 11) is 0. The first-order chi connectivity index (χ1) is 10.6. The van der Waals surface area contributed by atoms with E-state index in [4.69, 9.17) is 9.47 Å². The van der Waals surface area contributed by atoms with Gasteiger partial charge in [0.1, 0.15) is 6.10 Å². The van der Waals surface area contributed by atoms with E-state index in [0.717, 1.165) is 32.3 Å². The third-order valence-electron chi connectivity index (χ3n) is 8.38. The van der Waals surface area contributed by atoms with Crippen molar-refractivity contribution in [2.24, 2.45) is 22.7 Å². The molecule has 3 heteroatoms. The van der Waals surface area contributed by atoms with Crippen LogP contribution >= 0.6 is 0 Å². The lowest BCUT2D eigenvalue weighted by atomic mass is 9.44. The molecule has 2 heterocycles. The van der Waals surface area contributed by atoms with Crippen LogP contribution < -0.4 is 0 Å². The minimum absolute atomic E-state index is 0.0225. The van der Waals surface area contributed by atoms with Crippen LogP contribution in [0.4, 0.5) is 0 Å². The van der Waals surface area contributed by atoms with Gasteiger partial charge in [-0.1, -0.05) is 20.8 Å². The second kappa shape index (κ2) is 4.74. The Morgan fingerprint density at radius 2 is 1.43 bits per heavy atom. The average molecular weight is 322 g/mol. The molecule has 7 atom stereocenters. The van der Waals surface area contributed by atoms with Gasteiger partial charge >= 0.3 is 0 Å². The molecule has 23 heavy (non-hydrogen) atoms. The predicted octanol–water partition coefficient (Wildman–Crippen LogP) is 3.93. The van der Waals surface area contributed by atoms with Crippen molar-refractivity contribution in [3.63, 3.8) is 0 Å². The second-order valence-electron chi connectivity index (χ2n) is 10.1. The standard InChI is InChI=1S/C20H34O3/c1-17(2)13-6-10-19(4)14(18(13,3)9-8-15(17)21)7-11-20(5,23-19)16-12-22-16/h13-16,21H,6-12H2,1-5H3/t13-,14+,15-,16+,18-,19+,20-/m1/s1. The number of aliphatic hydroxyl groups is 1. The van der Waals surface area contributed by atoms with Crippen molar-refractivity contribution in [1.29, 1.82) is 0 Å². The summed E-state index contributed by atoms with van der Waals surface area (Å²) in [5, 5.41) is 10.6. The van der Waals surface area contributed by atoms with Crippen molar-refractivity contribution in [3.05, 3.63) is 0 Å². The molecule has 0 unspecified atom stereocenters. The molecule has 2 aliphatic heterocycles. The van der Waals surface area contributed by atoms with Gasteiger partial charge in [-0.15, -0.1) is 0 Å². The minimum Gasteiger partial charge on any atom is -0.393 e. The zero-order chi connectivity index (χ0) is 16.7. The van der Waals surface area contributed by atoms with E-state index in [1.165, 1.54) is 12.8 Å². The molecule has 132 valence electrons. The maximum absolute atomic E-state index is 10.6. The third-order valence-corrected chi connectivity index (χ3v) is 8.38. The molecule has 0 aromatic carbocycles. The van der Waals surface area contributed by atoms with Crippen molar-refractivity contribution in [2.75, 3.05) is 6.61 Å². The molecule has 4 fully saturated rings. The Hall–Kier alpha value is -0.120. The number of ether oxygens (including phenoxy) is 2. The summed E-state index contributed by atoms with van der Waals surface area (Å²) in [6.07, 6.45) is 6.90. The van der Waals surface area contributed by atoms with E-state index in [1.807, 2.05) is 0 Å². The summed E-state index contributed by atoms with van der Waals surface area (Å²) >= 11 is 0. The SMILES string of the molecule is CC1(C)[C@H](O)CC[C@]2(C)[C@@H]1CC[C@]1(C)O[C@@](C)([C@@H]3CO3)CC[C@@H]21. The molecule has 0 radical (unpaired) electrons. The van der Waals surface area contributed by atoms with Crippen molar-refractivity contribution in [1.82, 2.24) is 0 Å². The van der Waals surface area contributed by atoms with Gasteiger partial charge in [-0.05, 0) is 75.0 Å². The lowest BCUT2D eigenvalue weighted by Gasteiger charge is -2.66. The highest BCUT2D eigenvalue weighted by Gasteiger charge is 2.64. The Morgan fingerprint density at radius 3 is 2.09 bits per heavy atom. The Morgan fingerprint density at radius 1 is 0.826 bits per heavy atom. The quantitative estimate of drug-likeness (QED) is 0.744. The van der Waals surface area contributed by atoms with Crippen LogP contribution in [0.5, 0.6) is 0 Å². The van der Waals surface area contributed by atoms with Gasteiger partial charge in [0.15, 0.2) is 0 Å². The zero-order valence-corrected chi connectivity index (χ0v) is 15.5. The smallest absolute Gasteiger partial charge is 0.110 e. The average Bonchev–Trinajstić information content (AvgIpc) is 3.27. The van der Waals surface area contributed by atoms with Crippen LogP contribution in [0.1, 0.15) is 73.1 Å². The van der Waals surface area contributed by atoms with E-state index in [9.17, 15) is 5.11 Å². The van der Waals surface area contributed by atoms with E-state index < -0.39 is 0 Å². The molecule has 2 saturated carbocycles. The molecule has 0 spiro atoms. The fourth-order valence-corrected chi connectivity index (χ4v) is 6.90. The van der Waals surface area contributed by atoms with Gasteiger partial charge in [-0.2, -0.15) is 0 Å². The fraction of sp³-hybridized carbons (Fsp3) is 1.00. The summed E-state index contributed by atoms with van der Waals surface area (Å²) < 4.78 is 12.4. The first kappa shape index (κ1) is 16.4. The molecule has 2 aliphatic carbocycles. The van der Waals surface area contributed by atoms with Gasteiger partial charge in [-0.25, -0.2) is 0 Å². The maximum Gasteiger partial charge on any atom is 0.110 e. The lowest BCUT2D eigenvalue weighted by Crippen LogP contribution is -2.65. The summed E-state index contributed by atoms with van der Waals surface area (Å²) in [5.74, 6) is 1.20. The third kappa shape index (κ3) is 2.19. The second-order valence-corrected chi connectivity index (χ2v) is 10.1. The summed E-state index contributed by atoms with van der Waals surface area (Å²) in [6, 6.07) is 0. The van der Waals surface area contributed by atoms with E-state index in [-0.39, 0.29) is 22.7 Å². The molecule has 3 nitrogen and oxygen atoms in total. The molecule has 4 rings (SSSR count). The van der Waals surface area contributed by atoms with Crippen LogP contribution in [0.15, 0.2) is 0 Å². The van der Waals surface area contributed by atoms with E-state index in [1.54, 1.807) is 0 Å². The fourth-order valence-electron chi connectivity index (χ4n) is 6.90. The largest absolute Gasteiger partial charge is 0.393 e. The molecular formula is C20H34O3. The number of epoxide rings is 1. The Balaban J connectivity index is 1.65. The maximum atomic E-state index is 10.6. The lowest BCUT2D eigenvalue weighted by molar-refractivity contribution is -0.276. The summed E-state index contributed by atoms with van der Waals surface area (Å²) in [5.41, 5.74) is 0.205.